The summed E-state index contributed by atoms with van der Waals surface area (Å²) in [7, 11) is 1.60. The zero-order chi connectivity index (χ0) is 17.4. The molecular formula is C19H22N2O3. The van der Waals surface area contributed by atoms with Crippen LogP contribution in [-0.4, -0.2) is 25.5 Å². The van der Waals surface area contributed by atoms with Crippen LogP contribution in [0.1, 0.15) is 18.9 Å². The maximum atomic E-state index is 12.1. The number of para-hydroxylation sites is 1. The molecule has 0 aliphatic heterocycles. The summed E-state index contributed by atoms with van der Waals surface area (Å²) in [5, 5.41) is 5.23. The van der Waals surface area contributed by atoms with E-state index in [1.807, 2.05) is 43.3 Å². The minimum atomic E-state index is -0.699. The minimum absolute atomic E-state index is 0.213. The summed E-state index contributed by atoms with van der Waals surface area (Å²) < 4.78 is 5.68. The molecule has 0 spiro atoms. The molecule has 24 heavy (non-hydrogen) atoms. The molecule has 0 saturated carbocycles. The van der Waals surface area contributed by atoms with Gasteiger partial charge in [-0.05, 0) is 24.1 Å². The molecule has 2 rings (SSSR count). The molecule has 2 aromatic carbocycles. The smallest absolute Gasteiger partial charge is 0.313 e. The maximum absolute atomic E-state index is 12.1. The van der Waals surface area contributed by atoms with Crippen LogP contribution in [0.25, 0.3) is 0 Å². The van der Waals surface area contributed by atoms with Crippen LogP contribution in [-0.2, 0) is 19.9 Å². The molecule has 5 heteroatoms. The highest BCUT2D eigenvalue weighted by atomic mass is 16.5. The van der Waals surface area contributed by atoms with Crippen LogP contribution in [0.15, 0.2) is 60.7 Å². The fourth-order valence-electron chi connectivity index (χ4n) is 2.52. The first kappa shape index (κ1) is 17.7. The van der Waals surface area contributed by atoms with Crippen molar-refractivity contribution >= 4 is 17.5 Å². The van der Waals surface area contributed by atoms with Crippen LogP contribution in [0.3, 0.4) is 0 Å². The van der Waals surface area contributed by atoms with Crippen LogP contribution in [0.4, 0.5) is 5.69 Å². The van der Waals surface area contributed by atoms with Gasteiger partial charge < -0.3 is 15.4 Å². The topological polar surface area (TPSA) is 67.4 Å². The molecule has 0 aliphatic carbocycles. The lowest BCUT2D eigenvalue weighted by Gasteiger charge is -2.32. The second-order valence-electron chi connectivity index (χ2n) is 5.42. The van der Waals surface area contributed by atoms with Gasteiger partial charge in [0.2, 0.25) is 0 Å². The molecule has 1 atom stereocenters. The van der Waals surface area contributed by atoms with Gasteiger partial charge in [-0.15, -0.1) is 0 Å². The Morgan fingerprint density at radius 2 is 1.54 bits per heavy atom. The number of carbonyl (C=O) groups is 2. The number of amides is 2. The molecule has 126 valence electrons. The molecular weight excluding hydrogens is 304 g/mol. The Morgan fingerprint density at radius 3 is 2.08 bits per heavy atom. The molecule has 2 N–H and O–H groups in total. The Morgan fingerprint density at radius 1 is 0.958 bits per heavy atom. The van der Waals surface area contributed by atoms with Gasteiger partial charge in [0.1, 0.15) is 5.60 Å². The predicted octanol–water partition coefficient (Wildman–Crippen LogP) is 2.69. The Labute approximate surface area is 142 Å². The van der Waals surface area contributed by atoms with E-state index in [9.17, 15) is 9.59 Å². The molecule has 0 heterocycles. The number of carbonyl (C=O) groups excluding carboxylic acids is 2. The fraction of sp³-hybridized carbons (Fsp3) is 0.263. The van der Waals surface area contributed by atoms with Gasteiger partial charge in [0.05, 0.1) is 6.54 Å². The zero-order valence-corrected chi connectivity index (χ0v) is 13.9. The molecule has 0 radical (unpaired) electrons. The Balaban J connectivity index is 2.01. The number of ether oxygens (including phenoxy) is 1. The molecule has 0 aromatic heterocycles. The van der Waals surface area contributed by atoms with E-state index >= 15 is 0 Å². The number of hydrogen-bond acceptors (Lipinski definition) is 3. The Hall–Kier alpha value is -2.66. The van der Waals surface area contributed by atoms with Gasteiger partial charge in [0.15, 0.2) is 0 Å². The number of benzene rings is 2. The van der Waals surface area contributed by atoms with Crippen molar-refractivity contribution in [3.8, 4) is 0 Å². The van der Waals surface area contributed by atoms with Crippen molar-refractivity contribution < 1.29 is 14.3 Å². The van der Waals surface area contributed by atoms with E-state index in [2.05, 4.69) is 10.6 Å². The summed E-state index contributed by atoms with van der Waals surface area (Å²) in [5.41, 5.74) is 0.872. The SMILES string of the molecule is CCC(CNC(=O)C(=O)Nc1ccccc1)(OC)c1ccccc1. The number of anilines is 1. The number of rotatable bonds is 6. The molecule has 0 fully saturated rings. The number of nitrogens with one attached hydrogen (secondary N) is 2. The third-order valence-corrected chi connectivity index (χ3v) is 4.03. The van der Waals surface area contributed by atoms with Crippen LogP contribution in [0.5, 0.6) is 0 Å². The second-order valence-corrected chi connectivity index (χ2v) is 5.42. The lowest BCUT2D eigenvalue weighted by Crippen LogP contribution is -2.45. The van der Waals surface area contributed by atoms with Crippen molar-refractivity contribution in [3.63, 3.8) is 0 Å². The Kier molecular flexibility index (Phi) is 6.09. The fourth-order valence-corrected chi connectivity index (χ4v) is 2.52. The summed E-state index contributed by atoms with van der Waals surface area (Å²) in [6, 6.07) is 18.5. The first-order chi connectivity index (χ1) is 11.6. The highest BCUT2D eigenvalue weighted by Crippen LogP contribution is 2.27. The number of hydrogen-bond donors (Lipinski definition) is 2. The van der Waals surface area contributed by atoms with E-state index in [1.54, 1.807) is 31.4 Å². The highest BCUT2D eigenvalue weighted by molar-refractivity contribution is 6.39. The van der Waals surface area contributed by atoms with Crippen molar-refractivity contribution in [2.75, 3.05) is 19.0 Å². The first-order valence-corrected chi connectivity index (χ1v) is 7.86. The van der Waals surface area contributed by atoms with E-state index in [0.29, 0.717) is 12.1 Å². The highest BCUT2D eigenvalue weighted by Gasteiger charge is 2.31. The summed E-state index contributed by atoms with van der Waals surface area (Å²) in [6.45, 7) is 2.19. The number of methoxy groups -OCH3 is 1. The normalized spacial score (nSPS) is 12.9. The molecule has 0 saturated heterocycles. The van der Waals surface area contributed by atoms with Crippen molar-refractivity contribution in [1.82, 2.24) is 5.32 Å². The second kappa shape index (κ2) is 8.26. The summed E-state index contributed by atoms with van der Waals surface area (Å²) in [5.74, 6) is -1.39. The lowest BCUT2D eigenvalue weighted by molar-refractivity contribution is -0.137. The average molecular weight is 326 g/mol. The molecule has 2 aromatic rings. The monoisotopic (exact) mass is 326 g/mol. The van der Waals surface area contributed by atoms with E-state index in [0.717, 1.165) is 5.56 Å². The largest absolute Gasteiger partial charge is 0.372 e. The van der Waals surface area contributed by atoms with Crippen molar-refractivity contribution in [2.45, 2.75) is 18.9 Å². The van der Waals surface area contributed by atoms with Gasteiger partial charge in [0, 0.05) is 12.8 Å². The summed E-state index contributed by atoms with van der Waals surface area (Å²) in [6.07, 6.45) is 0.661. The van der Waals surface area contributed by atoms with E-state index < -0.39 is 17.4 Å². The molecule has 1 unspecified atom stereocenters. The quantitative estimate of drug-likeness (QED) is 0.802. The minimum Gasteiger partial charge on any atom is -0.372 e. The van der Waals surface area contributed by atoms with Crippen LogP contribution in [0.2, 0.25) is 0 Å². The van der Waals surface area contributed by atoms with Crippen molar-refractivity contribution in [3.05, 3.63) is 66.2 Å². The van der Waals surface area contributed by atoms with Crippen LogP contribution in [0, 0.1) is 0 Å². The standard InChI is InChI=1S/C19H22N2O3/c1-3-19(24-2,15-10-6-4-7-11-15)14-20-17(22)18(23)21-16-12-8-5-9-13-16/h4-13H,3,14H2,1-2H3,(H,20,22)(H,21,23). The molecule has 0 aliphatic rings. The van der Waals surface area contributed by atoms with Crippen LogP contribution >= 0.6 is 0 Å². The van der Waals surface area contributed by atoms with Gasteiger partial charge in [-0.3, -0.25) is 9.59 Å². The van der Waals surface area contributed by atoms with Gasteiger partial charge in [-0.1, -0.05) is 55.5 Å². The van der Waals surface area contributed by atoms with Gasteiger partial charge in [-0.25, -0.2) is 0 Å². The molecule has 2 amide bonds. The van der Waals surface area contributed by atoms with Gasteiger partial charge in [-0.2, -0.15) is 0 Å². The van der Waals surface area contributed by atoms with E-state index in [4.69, 9.17) is 4.74 Å². The molecule has 5 nitrogen and oxygen atoms in total. The third-order valence-electron chi connectivity index (χ3n) is 4.03. The maximum Gasteiger partial charge on any atom is 0.313 e. The zero-order valence-electron chi connectivity index (χ0n) is 13.9. The predicted molar refractivity (Wildman–Crippen MR) is 93.5 cm³/mol. The lowest BCUT2D eigenvalue weighted by atomic mass is 9.90. The van der Waals surface area contributed by atoms with Gasteiger partial charge >= 0.3 is 11.8 Å². The van der Waals surface area contributed by atoms with Crippen molar-refractivity contribution in [1.29, 1.82) is 0 Å². The Bertz CT molecular complexity index is 668. The third kappa shape index (κ3) is 4.20. The van der Waals surface area contributed by atoms with E-state index in [1.165, 1.54) is 0 Å². The van der Waals surface area contributed by atoms with Crippen molar-refractivity contribution in [2.24, 2.45) is 0 Å². The molecule has 0 bridgehead atoms. The van der Waals surface area contributed by atoms with Crippen LogP contribution < -0.4 is 10.6 Å². The summed E-state index contributed by atoms with van der Waals surface area (Å²) in [4.78, 5) is 24.1. The first-order valence-electron chi connectivity index (χ1n) is 7.86. The van der Waals surface area contributed by atoms with E-state index in [-0.39, 0.29) is 6.54 Å². The summed E-state index contributed by atoms with van der Waals surface area (Å²) >= 11 is 0. The van der Waals surface area contributed by atoms with Gasteiger partial charge in [0.25, 0.3) is 0 Å². The average Bonchev–Trinajstić information content (AvgIpc) is 2.64.